The van der Waals surface area contributed by atoms with Crippen molar-refractivity contribution in [3.05, 3.63) is 23.8 Å². The summed E-state index contributed by atoms with van der Waals surface area (Å²) in [7, 11) is 0. The normalized spacial score (nSPS) is 30.7. The highest BCUT2D eigenvalue weighted by Gasteiger charge is 2.42. The number of rotatable bonds is 3. The topological polar surface area (TPSA) is 55.7 Å². The lowest BCUT2D eigenvalue weighted by Crippen LogP contribution is -2.34. The van der Waals surface area contributed by atoms with E-state index in [1.807, 2.05) is 6.07 Å². The third kappa shape index (κ3) is 2.30. The summed E-state index contributed by atoms with van der Waals surface area (Å²) in [6.07, 6.45) is 1.15. The minimum Gasteiger partial charge on any atom is -0.508 e. The van der Waals surface area contributed by atoms with E-state index < -0.39 is 0 Å². The molecule has 3 N–H and O–H groups in total. The molecule has 0 bridgehead atoms. The molecule has 104 valence electrons. The first-order chi connectivity index (χ1) is 9.19. The van der Waals surface area contributed by atoms with Gasteiger partial charge in [-0.25, -0.2) is 0 Å². The largest absolute Gasteiger partial charge is 0.508 e. The van der Waals surface area contributed by atoms with Crippen LogP contribution in [0.2, 0.25) is 0 Å². The van der Waals surface area contributed by atoms with Gasteiger partial charge in [-0.05, 0) is 37.4 Å². The second-order valence-corrected chi connectivity index (χ2v) is 5.80. The molecule has 0 aromatic heterocycles. The van der Waals surface area contributed by atoms with Crippen molar-refractivity contribution in [2.75, 3.05) is 19.6 Å². The molecule has 0 radical (unpaired) electrons. The van der Waals surface area contributed by atoms with Gasteiger partial charge < -0.3 is 15.5 Å². The Morgan fingerprint density at radius 3 is 2.89 bits per heavy atom. The number of likely N-dealkylation sites (tertiary alicyclic amines) is 1. The van der Waals surface area contributed by atoms with Crippen LogP contribution in [0.5, 0.6) is 11.5 Å². The third-order valence-corrected chi connectivity index (χ3v) is 4.68. The van der Waals surface area contributed by atoms with Gasteiger partial charge in [0.25, 0.3) is 0 Å². The minimum atomic E-state index is 0.121. The first kappa shape index (κ1) is 12.8. The van der Waals surface area contributed by atoms with Crippen LogP contribution in [0.1, 0.15) is 18.9 Å². The van der Waals surface area contributed by atoms with Crippen molar-refractivity contribution in [2.45, 2.75) is 25.9 Å². The molecule has 2 aliphatic rings. The Kier molecular flexibility index (Phi) is 3.37. The van der Waals surface area contributed by atoms with Gasteiger partial charge in [0, 0.05) is 30.8 Å². The molecule has 2 saturated heterocycles. The molecule has 3 unspecified atom stereocenters. The fourth-order valence-corrected chi connectivity index (χ4v) is 3.76. The average molecular weight is 262 g/mol. The van der Waals surface area contributed by atoms with E-state index in [9.17, 15) is 10.2 Å². The average Bonchev–Trinajstić information content (AvgIpc) is 2.92. The van der Waals surface area contributed by atoms with Crippen molar-refractivity contribution >= 4 is 0 Å². The van der Waals surface area contributed by atoms with Crippen LogP contribution in [0.4, 0.5) is 0 Å². The number of phenolic OH excluding ortho intramolecular Hbond substituents is 2. The number of hydrogen-bond donors (Lipinski definition) is 3. The van der Waals surface area contributed by atoms with Crippen molar-refractivity contribution in [1.82, 2.24) is 10.2 Å². The zero-order valence-corrected chi connectivity index (χ0v) is 11.3. The van der Waals surface area contributed by atoms with Crippen LogP contribution in [0.3, 0.4) is 0 Å². The highest BCUT2D eigenvalue weighted by atomic mass is 16.3. The van der Waals surface area contributed by atoms with Crippen LogP contribution in [0.15, 0.2) is 18.2 Å². The molecule has 2 aliphatic heterocycles. The van der Waals surface area contributed by atoms with Gasteiger partial charge in [0.05, 0.1) is 0 Å². The smallest absolute Gasteiger partial charge is 0.123 e. The Morgan fingerprint density at radius 1 is 1.32 bits per heavy atom. The van der Waals surface area contributed by atoms with Gasteiger partial charge >= 0.3 is 0 Å². The number of hydrogen-bond acceptors (Lipinski definition) is 4. The molecule has 4 heteroatoms. The zero-order chi connectivity index (χ0) is 13.4. The highest BCUT2D eigenvalue weighted by Crippen LogP contribution is 2.36. The summed E-state index contributed by atoms with van der Waals surface area (Å²) in [5.41, 5.74) is 0.907. The lowest BCUT2D eigenvalue weighted by Gasteiger charge is -2.27. The molecular formula is C15H22N2O2. The maximum atomic E-state index is 9.91. The van der Waals surface area contributed by atoms with E-state index in [0.717, 1.165) is 50.0 Å². The van der Waals surface area contributed by atoms with Crippen molar-refractivity contribution in [3.63, 3.8) is 0 Å². The molecule has 1 aromatic rings. The summed E-state index contributed by atoms with van der Waals surface area (Å²) in [5, 5.41) is 22.7. The fourth-order valence-electron chi connectivity index (χ4n) is 3.76. The van der Waals surface area contributed by atoms with Gasteiger partial charge in [-0.2, -0.15) is 0 Å². The lowest BCUT2D eigenvalue weighted by molar-refractivity contribution is 0.208. The Hall–Kier alpha value is -1.26. The maximum Gasteiger partial charge on any atom is 0.123 e. The SMILES string of the molecule is CCC1C2CNCC2CN1Cc1ccc(O)cc1O. The van der Waals surface area contributed by atoms with E-state index in [-0.39, 0.29) is 11.5 Å². The van der Waals surface area contributed by atoms with Crippen molar-refractivity contribution in [1.29, 1.82) is 0 Å². The molecule has 19 heavy (non-hydrogen) atoms. The van der Waals surface area contributed by atoms with Crippen LogP contribution >= 0.6 is 0 Å². The van der Waals surface area contributed by atoms with E-state index in [2.05, 4.69) is 17.1 Å². The predicted molar refractivity (Wildman–Crippen MR) is 74.1 cm³/mol. The molecule has 0 spiro atoms. The molecule has 3 atom stereocenters. The number of nitrogens with one attached hydrogen (secondary N) is 1. The highest BCUT2D eigenvalue weighted by molar-refractivity contribution is 5.39. The molecule has 3 rings (SSSR count). The van der Waals surface area contributed by atoms with E-state index >= 15 is 0 Å². The summed E-state index contributed by atoms with van der Waals surface area (Å²) in [6, 6.07) is 5.50. The van der Waals surface area contributed by atoms with Crippen LogP contribution in [0.25, 0.3) is 0 Å². The van der Waals surface area contributed by atoms with Gasteiger partial charge in [-0.1, -0.05) is 13.0 Å². The Balaban J connectivity index is 1.76. The van der Waals surface area contributed by atoms with Gasteiger partial charge in [0.1, 0.15) is 11.5 Å². The number of phenols is 2. The fraction of sp³-hybridized carbons (Fsp3) is 0.600. The number of nitrogens with zero attached hydrogens (tertiary/aromatic N) is 1. The first-order valence-corrected chi connectivity index (χ1v) is 7.14. The Morgan fingerprint density at radius 2 is 2.16 bits per heavy atom. The second kappa shape index (κ2) is 5.02. The monoisotopic (exact) mass is 262 g/mol. The van der Waals surface area contributed by atoms with Crippen molar-refractivity contribution < 1.29 is 10.2 Å². The molecule has 0 aliphatic carbocycles. The van der Waals surface area contributed by atoms with E-state index in [1.54, 1.807) is 6.07 Å². The Labute approximate surface area is 114 Å². The summed E-state index contributed by atoms with van der Waals surface area (Å²) < 4.78 is 0. The van der Waals surface area contributed by atoms with Gasteiger partial charge in [-0.3, -0.25) is 4.90 Å². The molecule has 4 nitrogen and oxygen atoms in total. The molecule has 0 amide bonds. The number of fused-ring (bicyclic) bond motifs is 1. The summed E-state index contributed by atoms with van der Waals surface area (Å²) in [6.45, 7) is 6.38. The lowest BCUT2D eigenvalue weighted by atomic mass is 9.93. The third-order valence-electron chi connectivity index (χ3n) is 4.68. The Bertz CT molecular complexity index is 463. The van der Waals surface area contributed by atoms with Gasteiger partial charge in [0.2, 0.25) is 0 Å². The van der Waals surface area contributed by atoms with Crippen molar-refractivity contribution in [2.24, 2.45) is 11.8 Å². The van der Waals surface area contributed by atoms with Crippen LogP contribution in [0, 0.1) is 11.8 Å². The minimum absolute atomic E-state index is 0.121. The summed E-state index contributed by atoms with van der Waals surface area (Å²) in [4.78, 5) is 2.49. The molecule has 0 saturated carbocycles. The van der Waals surface area contributed by atoms with E-state index in [1.165, 1.54) is 6.07 Å². The van der Waals surface area contributed by atoms with Crippen LogP contribution in [-0.2, 0) is 6.54 Å². The molecule has 2 fully saturated rings. The first-order valence-electron chi connectivity index (χ1n) is 7.14. The molecular weight excluding hydrogens is 240 g/mol. The molecule has 1 aromatic carbocycles. The van der Waals surface area contributed by atoms with Gasteiger partial charge in [0.15, 0.2) is 0 Å². The second-order valence-electron chi connectivity index (χ2n) is 5.80. The number of aromatic hydroxyl groups is 2. The standard InChI is InChI=1S/C15H22N2O2/c1-2-14-13-7-16-6-11(13)9-17(14)8-10-3-4-12(18)5-15(10)19/h3-5,11,13-14,16,18-19H,2,6-9H2,1H3. The predicted octanol–water partition coefficient (Wildman–Crippen LogP) is 1.53. The number of benzene rings is 1. The quantitative estimate of drug-likeness (QED) is 0.773. The van der Waals surface area contributed by atoms with E-state index in [4.69, 9.17) is 0 Å². The zero-order valence-electron chi connectivity index (χ0n) is 11.3. The summed E-state index contributed by atoms with van der Waals surface area (Å²) >= 11 is 0. The van der Waals surface area contributed by atoms with Crippen LogP contribution in [-0.4, -0.2) is 40.8 Å². The van der Waals surface area contributed by atoms with E-state index in [0.29, 0.717) is 6.04 Å². The van der Waals surface area contributed by atoms with Crippen molar-refractivity contribution in [3.8, 4) is 11.5 Å². The summed E-state index contributed by atoms with van der Waals surface area (Å²) in [5.74, 6) is 1.83. The maximum absolute atomic E-state index is 9.91. The van der Waals surface area contributed by atoms with Gasteiger partial charge in [-0.15, -0.1) is 0 Å². The van der Waals surface area contributed by atoms with Crippen LogP contribution < -0.4 is 5.32 Å². The molecule has 2 heterocycles.